The zero-order chi connectivity index (χ0) is 40.5. The molecule has 0 saturated carbocycles. The molecule has 11 rings (SSSR count). The van der Waals surface area contributed by atoms with Crippen LogP contribution in [-0.2, 0) is 0 Å². The van der Waals surface area contributed by atoms with Crippen molar-refractivity contribution < 1.29 is 29.3 Å². The average Bonchev–Trinajstić information content (AvgIpc) is 4.00. The summed E-state index contributed by atoms with van der Waals surface area (Å²) in [6.45, 7) is 0. The van der Waals surface area contributed by atoms with Crippen LogP contribution in [0.1, 0.15) is 20.7 Å². The van der Waals surface area contributed by atoms with Crippen LogP contribution in [0.4, 0.5) is 0 Å². The molecule has 286 valence electrons. The lowest BCUT2D eigenvalue weighted by atomic mass is 10.1. The van der Waals surface area contributed by atoms with E-state index in [-0.39, 0.29) is 22.6 Å². The molecular weight excluding hydrogens is 761 g/mol. The average molecular weight is 787 g/mol. The largest absolute Gasteiger partial charge is 0.478 e. The number of aromatic amines is 2. The molecule has 6 aromatic carbocycles. The summed E-state index contributed by atoms with van der Waals surface area (Å²) in [7, 11) is 0. The van der Waals surface area contributed by atoms with Crippen LogP contribution in [0.5, 0.6) is 23.0 Å². The molecule has 0 atom stereocenters. The fourth-order valence-electron chi connectivity index (χ4n) is 7.39. The van der Waals surface area contributed by atoms with Crippen molar-refractivity contribution in [2.45, 2.75) is 0 Å². The fraction of sp³-hybridized carbons (Fsp3) is 0. The number of fused-ring (bicyclic) bond motifs is 20. The number of aromatic nitrogens is 8. The second-order valence-corrected chi connectivity index (χ2v) is 14.0. The molecule has 14 heteroatoms. The van der Waals surface area contributed by atoms with Gasteiger partial charge in [0.15, 0.2) is 34.8 Å². The van der Waals surface area contributed by atoms with Crippen LogP contribution in [0, 0.1) is 0 Å². The van der Waals surface area contributed by atoms with Gasteiger partial charge in [-0.15, -0.1) is 0 Å². The maximum Gasteiger partial charge on any atom is 0.335 e. The summed E-state index contributed by atoms with van der Waals surface area (Å²) in [6.07, 6.45) is 0. The summed E-state index contributed by atoms with van der Waals surface area (Å²) in [5.41, 5.74) is 5.31. The second-order valence-electron chi connectivity index (χ2n) is 14.0. The van der Waals surface area contributed by atoms with E-state index in [1.807, 2.05) is 72.8 Å². The highest BCUT2D eigenvalue weighted by molar-refractivity contribution is 6.07. The molecule has 60 heavy (non-hydrogen) atoms. The molecule has 0 saturated heterocycles. The fourth-order valence-corrected chi connectivity index (χ4v) is 7.39. The monoisotopic (exact) mass is 786 g/mol. The number of nitrogens with zero attached hydrogens (tertiary/aromatic N) is 6. The minimum absolute atomic E-state index is 0.0936. The lowest BCUT2D eigenvalue weighted by Crippen LogP contribution is -1.96. The lowest BCUT2D eigenvalue weighted by Gasteiger charge is -2.13. The van der Waals surface area contributed by atoms with E-state index in [9.17, 15) is 19.8 Å². The third-order valence-corrected chi connectivity index (χ3v) is 10.3. The number of aromatic carboxylic acids is 2. The summed E-state index contributed by atoms with van der Waals surface area (Å²) in [4.78, 5) is 60.4. The molecule has 3 aromatic heterocycles. The number of nitrogens with one attached hydrogen (secondary N) is 2. The quantitative estimate of drug-likeness (QED) is 0.124. The minimum Gasteiger partial charge on any atom is -0.478 e. The topological polar surface area (TPSA) is 202 Å². The van der Waals surface area contributed by atoms with Gasteiger partial charge < -0.3 is 29.7 Å². The Morgan fingerprint density at radius 2 is 0.717 bits per heavy atom. The van der Waals surface area contributed by atoms with Gasteiger partial charge in [-0.3, -0.25) is 0 Å². The smallest absolute Gasteiger partial charge is 0.335 e. The number of hydrogen-bond acceptors (Lipinski definition) is 10. The molecule has 14 nitrogen and oxygen atoms in total. The Morgan fingerprint density at radius 3 is 1.05 bits per heavy atom. The van der Waals surface area contributed by atoms with Gasteiger partial charge in [-0.25, -0.2) is 39.5 Å². The number of benzene rings is 6. The Balaban J connectivity index is 1.22. The van der Waals surface area contributed by atoms with Gasteiger partial charge in [0.2, 0.25) is 0 Å². The summed E-state index contributed by atoms with van der Waals surface area (Å²) in [6, 6.07) is 38.8. The summed E-state index contributed by atoms with van der Waals surface area (Å²) in [5, 5.41) is 21.9. The van der Waals surface area contributed by atoms with E-state index in [4.69, 9.17) is 39.4 Å². The predicted octanol–water partition coefficient (Wildman–Crippen LogP) is 9.85. The number of ether oxygens (including phenoxy) is 2. The first-order chi connectivity index (χ1) is 29.3. The zero-order valence-corrected chi connectivity index (χ0v) is 30.9. The van der Waals surface area contributed by atoms with Gasteiger partial charge in [-0.1, -0.05) is 72.8 Å². The zero-order valence-electron chi connectivity index (χ0n) is 30.9. The second kappa shape index (κ2) is 13.4. The van der Waals surface area contributed by atoms with Crippen LogP contribution in [0.3, 0.4) is 0 Å². The summed E-state index contributed by atoms with van der Waals surface area (Å²) in [5.74, 6) is 0.804. The van der Waals surface area contributed by atoms with Crippen molar-refractivity contribution in [2.24, 2.45) is 0 Å². The molecule has 0 fully saturated rings. The highest BCUT2D eigenvalue weighted by Crippen LogP contribution is 2.42. The van der Waals surface area contributed by atoms with E-state index < -0.39 is 11.9 Å². The van der Waals surface area contributed by atoms with Crippen molar-refractivity contribution >= 4 is 56.1 Å². The van der Waals surface area contributed by atoms with E-state index in [0.29, 0.717) is 68.2 Å². The third-order valence-electron chi connectivity index (χ3n) is 10.3. The molecule has 0 amide bonds. The maximum absolute atomic E-state index is 11.6. The Kier molecular flexibility index (Phi) is 7.71. The summed E-state index contributed by atoms with van der Waals surface area (Å²) < 4.78 is 12.8. The van der Waals surface area contributed by atoms with Crippen LogP contribution in [0.25, 0.3) is 89.7 Å². The minimum atomic E-state index is -1.07. The van der Waals surface area contributed by atoms with Crippen LogP contribution < -0.4 is 9.47 Å². The van der Waals surface area contributed by atoms with E-state index >= 15 is 0 Å². The standard InChI is InChI=1S/C46H26N8O6/c55-45(56)23-13-17-25(18-14-23)59-35-21-33-34(22-36(35)60-26-19-15-24(16-20-26)46(57)58)44-53-42-32-12-6-4-10-30(32)40(51-42)49-38-28-8-2-1-7-27(28)37(47-38)48-39-29-9-3-5-11-31(29)41(50-39)52-43(33)54-44/h1-22H,(H,55,56)(H,57,58)(H2,47,48,49,50,51,52,53,54). The predicted molar refractivity (Wildman–Crippen MR) is 223 cm³/mol. The number of rotatable bonds is 6. The first-order valence-electron chi connectivity index (χ1n) is 18.6. The molecule has 0 radical (unpaired) electrons. The molecule has 8 bridgehead atoms. The van der Waals surface area contributed by atoms with Gasteiger partial charge in [0, 0.05) is 43.8 Å². The molecule has 0 unspecified atom stereocenters. The first kappa shape index (κ1) is 34.5. The number of carbonyl (C=O) groups is 2. The number of H-pyrrole nitrogens is 2. The Morgan fingerprint density at radius 1 is 0.400 bits per heavy atom. The van der Waals surface area contributed by atoms with Crippen molar-refractivity contribution in [3.63, 3.8) is 0 Å². The number of carboxylic acids is 2. The van der Waals surface area contributed by atoms with Gasteiger partial charge in [0.25, 0.3) is 0 Å². The van der Waals surface area contributed by atoms with Crippen molar-refractivity contribution in [1.82, 2.24) is 39.9 Å². The van der Waals surface area contributed by atoms with Gasteiger partial charge in [-0.05, 0) is 60.7 Å². The molecule has 0 aliphatic carbocycles. The van der Waals surface area contributed by atoms with Crippen LogP contribution in [0.15, 0.2) is 133 Å². The van der Waals surface area contributed by atoms with Gasteiger partial charge in [0.1, 0.15) is 34.1 Å². The number of carboxylic acid groups (broad SMARTS) is 2. The van der Waals surface area contributed by atoms with E-state index in [1.54, 1.807) is 36.4 Å². The molecule has 2 aliphatic rings. The molecule has 0 spiro atoms. The molecule has 2 aliphatic heterocycles. The van der Waals surface area contributed by atoms with Crippen LogP contribution in [-0.4, -0.2) is 62.0 Å². The molecular formula is C46H26N8O6. The van der Waals surface area contributed by atoms with Gasteiger partial charge in [-0.2, -0.15) is 0 Å². The molecule has 5 heterocycles. The van der Waals surface area contributed by atoms with Crippen molar-refractivity contribution in [1.29, 1.82) is 0 Å². The summed E-state index contributed by atoms with van der Waals surface area (Å²) >= 11 is 0. The van der Waals surface area contributed by atoms with Gasteiger partial charge in [0.05, 0.1) is 11.1 Å². The van der Waals surface area contributed by atoms with E-state index in [2.05, 4.69) is 9.97 Å². The lowest BCUT2D eigenvalue weighted by molar-refractivity contribution is 0.0686. The Labute approximate surface area is 337 Å². The van der Waals surface area contributed by atoms with E-state index in [0.717, 1.165) is 33.0 Å². The van der Waals surface area contributed by atoms with Crippen molar-refractivity contribution in [3.8, 4) is 68.5 Å². The van der Waals surface area contributed by atoms with Crippen LogP contribution >= 0.6 is 0 Å². The normalized spacial score (nSPS) is 11.6. The van der Waals surface area contributed by atoms with Crippen molar-refractivity contribution in [3.05, 3.63) is 145 Å². The van der Waals surface area contributed by atoms with Crippen molar-refractivity contribution in [2.75, 3.05) is 0 Å². The van der Waals surface area contributed by atoms with Crippen LogP contribution in [0.2, 0.25) is 0 Å². The number of hydrogen-bond donors (Lipinski definition) is 4. The third kappa shape index (κ3) is 5.82. The Hall–Kier alpha value is -8.78. The first-order valence-corrected chi connectivity index (χ1v) is 18.6. The van der Waals surface area contributed by atoms with Gasteiger partial charge >= 0.3 is 11.9 Å². The highest BCUT2D eigenvalue weighted by Gasteiger charge is 2.23. The SMILES string of the molecule is O=C(O)c1ccc(Oc2cc3c4nc5nc(nc6[nH]c(nc7nc(nc([nH]4)c3cc2Oc2ccc(C(=O)O)cc2)-c2ccccc2-7)c2ccccc62)-c2ccccc2-5)cc1. The van der Waals surface area contributed by atoms with E-state index in [1.165, 1.54) is 24.3 Å². The molecule has 4 N–H and O–H groups in total. The highest BCUT2D eigenvalue weighted by atomic mass is 16.5. The maximum atomic E-state index is 11.6. The Bertz CT molecular complexity index is 3230. The molecule has 9 aromatic rings.